The Labute approximate surface area is 134 Å². The van der Waals surface area contributed by atoms with Crippen LogP contribution in [0.2, 0.25) is 0 Å². The summed E-state index contributed by atoms with van der Waals surface area (Å²) in [6.07, 6.45) is 17.1. The van der Waals surface area contributed by atoms with Gasteiger partial charge in [-0.1, -0.05) is 58.3 Å². The van der Waals surface area contributed by atoms with Crippen molar-refractivity contribution in [1.29, 1.82) is 0 Å². The number of ether oxygens (including phenoxy) is 1. The third-order valence-corrected chi connectivity index (χ3v) is 4.03. The highest BCUT2D eigenvalue weighted by Crippen LogP contribution is 2.11. The molecule has 0 radical (unpaired) electrons. The van der Waals surface area contributed by atoms with Gasteiger partial charge in [0.25, 0.3) is 0 Å². The lowest BCUT2D eigenvalue weighted by Crippen LogP contribution is -2.33. The van der Waals surface area contributed by atoms with E-state index in [9.17, 15) is 9.59 Å². The summed E-state index contributed by atoms with van der Waals surface area (Å²) in [5.41, 5.74) is 0. The zero-order chi connectivity index (χ0) is 16.0. The van der Waals surface area contributed by atoms with E-state index in [1.807, 2.05) is 6.08 Å². The molecule has 1 aliphatic heterocycles. The van der Waals surface area contributed by atoms with E-state index in [0.29, 0.717) is 12.8 Å². The van der Waals surface area contributed by atoms with Crippen LogP contribution in [0.15, 0.2) is 12.3 Å². The maximum atomic E-state index is 11.6. The van der Waals surface area contributed by atoms with Crippen LogP contribution in [0.3, 0.4) is 0 Å². The molecule has 0 saturated carbocycles. The second-order valence-electron chi connectivity index (χ2n) is 6.08. The molecular weight excluding hydrogens is 278 g/mol. The first-order valence-corrected chi connectivity index (χ1v) is 8.89. The zero-order valence-corrected chi connectivity index (χ0v) is 13.9. The van der Waals surface area contributed by atoms with Gasteiger partial charge in [-0.05, 0) is 25.3 Å². The van der Waals surface area contributed by atoms with Crippen LogP contribution in [-0.2, 0) is 14.3 Å². The van der Waals surface area contributed by atoms with Crippen molar-refractivity contribution in [1.82, 2.24) is 5.32 Å². The van der Waals surface area contributed by atoms with E-state index >= 15 is 0 Å². The highest BCUT2D eigenvalue weighted by molar-refractivity contribution is 5.88. The fraction of sp³-hybridized carbons (Fsp3) is 0.778. The van der Waals surface area contributed by atoms with E-state index in [2.05, 4.69) is 12.2 Å². The van der Waals surface area contributed by atoms with Crippen LogP contribution in [0.4, 0.5) is 0 Å². The molecule has 22 heavy (non-hydrogen) atoms. The van der Waals surface area contributed by atoms with Crippen molar-refractivity contribution >= 4 is 11.9 Å². The molecule has 0 aromatic rings. The van der Waals surface area contributed by atoms with Crippen molar-refractivity contribution in [2.24, 2.45) is 0 Å². The molecule has 0 aromatic heterocycles. The first kappa shape index (κ1) is 18.7. The van der Waals surface area contributed by atoms with Gasteiger partial charge >= 0.3 is 5.97 Å². The molecule has 0 spiro atoms. The van der Waals surface area contributed by atoms with E-state index in [1.165, 1.54) is 57.6 Å². The SMILES string of the molecule is CCCCCCCCCCC/C=C/OC(=O)[C@@H]1CCC(=O)N1. The summed E-state index contributed by atoms with van der Waals surface area (Å²) in [4.78, 5) is 22.6. The fourth-order valence-corrected chi connectivity index (χ4v) is 2.63. The molecule has 1 fully saturated rings. The molecule has 0 aliphatic carbocycles. The molecule has 0 aromatic carbocycles. The predicted molar refractivity (Wildman–Crippen MR) is 88.2 cm³/mol. The second kappa shape index (κ2) is 12.2. The van der Waals surface area contributed by atoms with Gasteiger partial charge in [0.15, 0.2) is 0 Å². The number of allylic oxidation sites excluding steroid dienone is 1. The van der Waals surface area contributed by atoms with Crippen molar-refractivity contribution in [2.75, 3.05) is 0 Å². The molecule has 1 aliphatic rings. The lowest BCUT2D eigenvalue weighted by atomic mass is 10.1. The number of hydrogen-bond donors (Lipinski definition) is 1. The first-order valence-electron chi connectivity index (χ1n) is 8.89. The van der Waals surface area contributed by atoms with Crippen LogP contribution in [0.1, 0.15) is 84.0 Å². The van der Waals surface area contributed by atoms with Gasteiger partial charge in [-0.2, -0.15) is 0 Å². The lowest BCUT2D eigenvalue weighted by molar-refractivity contribution is -0.141. The van der Waals surface area contributed by atoms with Crippen LogP contribution in [-0.4, -0.2) is 17.9 Å². The van der Waals surface area contributed by atoms with Gasteiger partial charge in [-0.3, -0.25) is 4.79 Å². The summed E-state index contributed by atoms with van der Waals surface area (Å²) in [5, 5.41) is 2.60. The van der Waals surface area contributed by atoms with Gasteiger partial charge in [0.2, 0.25) is 5.91 Å². The number of unbranched alkanes of at least 4 members (excludes halogenated alkanes) is 9. The minimum Gasteiger partial charge on any atom is -0.433 e. The van der Waals surface area contributed by atoms with Crippen molar-refractivity contribution in [2.45, 2.75) is 90.0 Å². The van der Waals surface area contributed by atoms with Crippen LogP contribution >= 0.6 is 0 Å². The summed E-state index contributed by atoms with van der Waals surface area (Å²) < 4.78 is 5.02. The van der Waals surface area contributed by atoms with Gasteiger partial charge in [0.05, 0.1) is 6.26 Å². The highest BCUT2D eigenvalue weighted by atomic mass is 16.5. The van der Waals surface area contributed by atoms with E-state index in [-0.39, 0.29) is 11.9 Å². The highest BCUT2D eigenvalue weighted by Gasteiger charge is 2.27. The van der Waals surface area contributed by atoms with E-state index in [4.69, 9.17) is 4.74 Å². The minimum absolute atomic E-state index is 0.0689. The van der Waals surface area contributed by atoms with Gasteiger partial charge in [-0.15, -0.1) is 0 Å². The first-order chi connectivity index (χ1) is 10.7. The fourth-order valence-electron chi connectivity index (χ4n) is 2.63. The van der Waals surface area contributed by atoms with Crippen molar-refractivity contribution in [3.63, 3.8) is 0 Å². The maximum absolute atomic E-state index is 11.6. The largest absolute Gasteiger partial charge is 0.433 e. The topological polar surface area (TPSA) is 55.4 Å². The Morgan fingerprint density at radius 2 is 1.77 bits per heavy atom. The number of carbonyl (C=O) groups excluding carboxylic acids is 2. The van der Waals surface area contributed by atoms with Gasteiger partial charge in [0.1, 0.15) is 6.04 Å². The van der Waals surface area contributed by atoms with E-state index < -0.39 is 6.04 Å². The smallest absolute Gasteiger partial charge is 0.333 e. The Hall–Kier alpha value is -1.32. The Bertz CT molecular complexity index is 352. The molecule has 0 unspecified atom stereocenters. The quantitative estimate of drug-likeness (QED) is 0.333. The number of rotatable bonds is 12. The number of nitrogens with one attached hydrogen (secondary N) is 1. The van der Waals surface area contributed by atoms with E-state index in [1.54, 1.807) is 0 Å². The third kappa shape index (κ3) is 8.85. The molecule has 0 bridgehead atoms. The standard InChI is InChI=1S/C18H31NO3/c1-2-3-4-5-6-7-8-9-10-11-12-15-22-18(21)16-13-14-17(20)19-16/h12,15-16H,2-11,13-14H2,1H3,(H,19,20)/b15-12+/t16-/m0/s1. The molecule has 1 rings (SSSR count). The van der Waals surface area contributed by atoms with Gasteiger partial charge in [-0.25, -0.2) is 4.79 Å². The second-order valence-corrected chi connectivity index (χ2v) is 6.08. The Morgan fingerprint density at radius 3 is 2.36 bits per heavy atom. The summed E-state index contributed by atoms with van der Waals surface area (Å²) in [7, 11) is 0. The molecule has 1 atom stereocenters. The zero-order valence-electron chi connectivity index (χ0n) is 13.9. The molecule has 1 amide bonds. The van der Waals surface area contributed by atoms with Crippen LogP contribution in [0.25, 0.3) is 0 Å². The minimum atomic E-state index is -0.454. The normalized spacial score (nSPS) is 17.9. The number of esters is 1. The molecule has 1 N–H and O–H groups in total. The predicted octanol–water partition coefficient (Wildman–Crippen LogP) is 4.24. The summed E-state index contributed by atoms with van der Waals surface area (Å²) in [6.45, 7) is 2.24. The Balaban J connectivity index is 1.88. The monoisotopic (exact) mass is 309 g/mol. The van der Waals surface area contributed by atoms with Gasteiger partial charge in [0, 0.05) is 6.42 Å². The number of hydrogen-bond acceptors (Lipinski definition) is 3. The summed E-state index contributed by atoms with van der Waals surface area (Å²) >= 11 is 0. The molecule has 1 heterocycles. The summed E-state index contributed by atoms with van der Waals surface area (Å²) in [6, 6.07) is -0.454. The third-order valence-electron chi connectivity index (χ3n) is 4.03. The number of carbonyl (C=O) groups is 2. The van der Waals surface area contributed by atoms with Crippen LogP contribution in [0, 0.1) is 0 Å². The lowest BCUT2D eigenvalue weighted by Gasteiger charge is -2.06. The average Bonchev–Trinajstić information content (AvgIpc) is 2.95. The van der Waals surface area contributed by atoms with Crippen molar-refractivity contribution < 1.29 is 14.3 Å². The maximum Gasteiger partial charge on any atom is 0.333 e. The molecule has 126 valence electrons. The molecule has 1 saturated heterocycles. The van der Waals surface area contributed by atoms with Crippen LogP contribution < -0.4 is 5.32 Å². The van der Waals surface area contributed by atoms with Gasteiger partial charge < -0.3 is 10.1 Å². The molecule has 4 heteroatoms. The number of amides is 1. The van der Waals surface area contributed by atoms with E-state index in [0.717, 1.165) is 12.8 Å². The molecule has 4 nitrogen and oxygen atoms in total. The van der Waals surface area contributed by atoms with Crippen molar-refractivity contribution in [3.8, 4) is 0 Å². The summed E-state index contributed by atoms with van der Waals surface area (Å²) in [5.74, 6) is -0.421. The van der Waals surface area contributed by atoms with Crippen molar-refractivity contribution in [3.05, 3.63) is 12.3 Å². The Morgan fingerprint density at radius 1 is 1.14 bits per heavy atom. The molecular formula is C18H31NO3. The average molecular weight is 309 g/mol. The Kier molecular flexibility index (Phi) is 10.4. The van der Waals surface area contributed by atoms with Crippen LogP contribution in [0.5, 0.6) is 0 Å².